The Balaban J connectivity index is 2.07. The standard InChI is InChI=1S/C16H11Cl4NO3/c1-8(15(22)21-14-7-10(18)3-5-13(14)20)24-16(23)11-6-9(17)2-4-12(11)19/h2-8H,1H3,(H,21,22). The Bertz CT molecular complexity index is 795. The quantitative estimate of drug-likeness (QED) is 0.683. The van der Waals surface area contributed by atoms with Gasteiger partial charge in [-0.1, -0.05) is 46.4 Å². The summed E-state index contributed by atoms with van der Waals surface area (Å²) >= 11 is 23.6. The minimum atomic E-state index is -1.08. The highest BCUT2D eigenvalue weighted by Gasteiger charge is 2.21. The molecule has 1 unspecified atom stereocenters. The van der Waals surface area contributed by atoms with E-state index in [0.717, 1.165) is 0 Å². The molecule has 0 aliphatic rings. The van der Waals surface area contributed by atoms with Gasteiger partial charge in [0, 0.05) is 10.0 Å². The fraction of sp³-hybridized carbons (Fsp3) is 0.125. The average molecular weight is 407 g/mol. The summed E-state index contributed by atoms with van der Waals surface area (Å²) in [7, 11) is 0. The number of anilines is 1. The maximum absolute atomic E-state index is 12.1. The Hall–Kier alpha value is -1.46. The van der Waals surface area contributed by atoms with Crippen molar-refractivity contribution in [3.63, 3.8) is 0 Å². The van der Waals surface area contributed by atoms with E-state index in [9.17, 15) is 9.59 Å². The third-order valence-electron chi connectivity index (χ3n) is 2.99. The van der Waals surface area contributed by atoms with E-state index in [2.05, 4.69) is 5.32 Å². The summed E-state index contributed by atoms with van der Waals surface area (Å²) in [6, 6.07) is 9.00. The molecule has 0 radical (unpaired) electrons. The predicted molar refractivity (Wildman–Crippen MR) is 96.4 cm³/mol. The zero-order chi connectivity index (χ0) is 17.9. The predicted octanol–water partition coefficient (Wildman–Crippen LogP) is 5.48. The number of carbonyl (C=O) groups excluding carboxylic acids is 2. The minimum Gasteiger partial charge on any atom is -0.449 e. The van der Waals surface area contributed by atoms with Gasteiger partial charge in [0.2, 0.25) is 0 Å². The van der Waals surface area contributed by atoms with Crippen molar-refractivity contribution < 1.29 is 14.3 Å². The Labute approximate surface area is 158 Å². The molecule has 0 heterocycles. The Morgan fingerprint density at radius 1 is 0.958 bits per heavy atom. The van der Waals surface area contributed by atoms with Crippen molar-refractivity contribution in [2.75, 3.05) is 5.32 Å². The highest BCUT2D eigenvalue weighted by molar-refractivity contribution is 6.36. The molecule has 1 atom stereocenters. The number of benzene rings is 2. The van der Waals surface area contributed by atoms with Crippen LogP contribution in [0.25, 0.3) is 0 Å². The first kappa shape index (κ1) is 18.9. The summed E-state index contributed by atoms with van der Waals surface area (Å²) in [5.74, 6) is -1.33. The SMILES string of the molecule is CC(OC(=O)c1cc(Cl)ccc1Cl)C(=O)Nc1cc(Cl)ccc1Cl. The molecule has 1 N–H and O–H groups in total. The summed E-state index contributed by atoms with van der Waals surface area (Å²) in [5, 5.41) is 3.76. The summed E-state index contributed by atoms with van der Waals surface area (Å²) in [4.78, 5) is 24.3. The smallest absolute Gasteiger partial charge is 0.340 e. The second-order valence-electron chi connectivity index (χ2n) is 4.79. The fourth-order valence-corrected chi connectivity index (χ4v) is 2.46. The van der Waals surface area contributed by atoms with Crippen LogP contribution in [0.2, 0.25) is 20.1 Å². The molecule has 1 amide bonds. The van der Waals surface area contributed by atoms with Crippen LogP contribution in [0.15, 0.2) is 36.4 Å². The lowest BCUT2D eigenvalue weighted by molar-refractivity contribution is -0.123. The van der Waals surface area contributed by atoms with E-state index >= 15 is 0 Å². The third-order valence-corrected chi connectivity index (χ3v) is 4.12. The van der Waals surface area contributed by atoms with Crippen LogP contribution in [0.1, 0.15) is 17.3 Å². The molecule has 0 aliphatic carbocycles. The van der Waals surface area contributed by atoms with Crippen LogP contribution in [-0.2, 0) is 9.53 Å². The molecular formula is C16H11Cl4NO3. The first-order chi connectivity index (χ1) is 11.3. The molecule has 2 aromatic rings. The third kappa shape index (κ3) is 4.77. The van der Waals surface area contributed by atoms with E-state index < -0.39 is 18.0 Å². The van der Waals surface area contributed by atoms with E-state index in [-0.39, 0.29) is 10.6 Å². The van der Waals surface area contributed by atoms with Gasteiger partial charge < -0.3 is 10.1 Å². The lowest BCUT2D eigenvalue weighted by Crippen LogP contribution is -2.30. The Morgan fingerprint density at radius 3 is 2.21 bits per heavy atom. The second-order valence-corrected chi connectivity index (χ2v) is 6.47. The van der Waals surface area contributed by atoms with Crippen molar-refractivity contribution in [2.45, 2.75) is 13.0 Å². The van der Waals surface area contributed by atoms with Gasteiger partial charge in [-0.3, -0.25) is 4.79 Å². The highest BCUT2D eigenvalue weighted by Crippen LogP contribution is 2.26. The van der Waals surface area contributed by atoms with Crippen LogP contribution in [0.5, 0.6) is 0 Å². The lowest BCUT2D eigenvalue weighted by Gasteiger charge is -2.15. The average Bonchev–Trinajstić information content (AvgIpc) is 2.53. The molecule has 0 saturated carbocycles. The van der Waals surface area contributed by atoms with Gasteiger partial charge >= 0.3 is 5.97 Å². The minimum absolute atomic E-state index is 0.0737. The van der Waals surface area contributed by atoms with Crippen LogP contribution in [0.4, 0.5) is 5.69 Å². The molecule has 126 valence electrons. The molecule has 0 aromatic heterocycles. The first-order valence-corrected chi connectivity index (χ1v) is 8.21. The monoisotopic (exact) mass is 405 g/mol. The molecule has 0 saturated heterocycles. The number of nitrogens with one attached hydrogen (secondary N) is 1. The van der Waals surface area contributed by atoms with Crippen molar-refractivity contribution in [3.05, 3.63) is 62.1 Å². The maximum Gasteiger partial charge on any atom is 0.340 e. The molecule has 4 nitrogen and oxygen atoms in total. The summed E-state index contributed by atoms with van der Waals surface area (Å²) in [6.45, 7) is 1.42. The Morgan fingerprint density at radius 2 is 1.54 bits per heavy atom. The van der Waals surface area contributed by atoms with E-state index in [4.69, 9.17) is 51.1 Å². The van der Waals surface area contributed by atoms with Crippen LogP contribution < -0.4 is 5.32 Å². The largest absolute Gasteiger partial charge is 0.449 e. The van der Waals surface area contributed by atoms with Crippen LogP contribution >= 0.6 is 46.4 Å². The van der Waals surface area contributed by atoms with Gasteiger partial charge in [0.25, 0.3) is 5.91 Å². The topological polar surface area (TPSA) is 55.4 Å². The number of ether oxygens (including phenoxy) is 1. The number of hydrogen-bond acceptors (Lipinski definition) is 3. The molecule has 0 fully saturated rings. The molecule has 2 aromatic carbocycles. The van der Waals surface area contributed by atoms with Gasteiger partial charge in [-0.25, -0.2) is 4.79 Å². The van der Waals surface area contributed by atoms with E-state index in [1.165, 1.54) is 31.2 Å². The normalized spacial score (nSPS) is 11.7. The lowest BCUT2D eigenvalue weighted by atomic mass is 10.2. The van der Waals surface area contributed by atoms with Crippen molar-refractivity contribution >= 4 is 64.0 Å². The van der Waals surface area contributed by atoms with E-state index in [1.807, 2.05) is 0 Å². The molecule has 8 heteroatoms. The van der Waals surface area contributed by atoms with Crippen molar-refractivity contribution in [3.8, 4) is 0 Å². The number of esters is 1. The zero-order valence-corrected chi connectivity index (χ0v) is 15.3. The van der Waals surface area contributed by atoms with Gasteiger partial charge in [0.05, 0.1) is 21.3 Å². The number of rotatable bonds is 4. The molecule has 24 heavy (non-hydrogen) atoms. The molecule has 0 aliphatic heterocycles. The number of hydrogen-bond donors (Lipinski definition) is 1. The van der Waals surface area contributed by atoms with Crippen LogP contribution in [0.3, 0.4) is 0 Å². The molecular weight excluding hydrogens is 396 g/mol. The fourth-order valence-electron chi connectivity index (χ4n) is 1.76. The summed E-state index contributed by atoms with van der Waals surface area (Å²) < 4.78 is 5.11. The summed E-state index contributed by atoms with van der Waals surface area (Å²) in [5.41, 5.74) is 0.391. The van der Waals surface area contributed by atoms with E-state index in [1.54, 1.807) is 12.1 Å². The van der Waals surface area contributed by atoms with Gasteiger partial charge in [-0.2, -0.15) is 0 Å². The number of carbonyl (C=O) groups is 2. The molecule has 0 bridgehead atoms. The summed E-state index contributed by atoms with van der Waals surface area (Å²) in [6.07, 6.45) is -1.08. The highest BCUT2D eigenvalue weighted by atomic mass is 35.5. The van der Waals surface area contributed by atoms with E-state index in [0.29, 0.717) is 20.8 Å². The van der Waals surface area contributed by atoms with Gasteiger partial charge in [0.15, 0.2) is 6.10 Å². The van der Waals surface area contributed by atoms with Crippen molar-refractivity contribution in [1.82, 2.24) is 0 Å². The molecule has 2 rings (SSSR count). The van der Waals surface area contributed by atoms with Gasteiger partial charge in [-0.15, -0.1) is 0 Å². The molecule has 0 spiro atoms. The Kier molecular flexibility index (Phi) is 6.35. The van der Waals surface area contributed by atoms with Gasteiger partial charge in [0.1, 0.15) is 0 Å². The van der Waals surface area contributed by atoms with Gasteiger partial charge in [-0.05, 0) is 43.3 Å². The second kappa shape index (κ2) is 8.08. The first-order valence-electron chi connectivity index (χ1n) is 6.70. The number of amides is 1. The zero-order valence-electron chi connectivity index (χ0n) is 12.3. The maximum atomic E-state index is 12.1. The van der Waals surface area contributed by atoms with Crippen LogP contribution in [-0.4, -0.2) is 18.0 Å². The van der Waals surface area contributed by atoms with Crippen molar-refractivity contribution in [2.24, 2.45) is 0 Å². The van der Waals surface area contributed by atoms with Crippen molar-refractivity contribution in [1.29, 1.82) is 0 Å². The number of halogens is 4. The van der Waals surface area contributed by atoms with Crippen LogP contribution in [0, 0.1) is 0 Å².